The quantitative estimate of drug-likeness (QED) is 0.0925. The number of carboxylic acids is 1. The maximum Gasteiger partial charge on any atom is 0.303 e. The second kappa shape index (κ2) is 14.0. The zero-order valence-corrected chi connectivity index (χ0v) is 20.8. The number of benzene rings is 2. The summed E-state index contributed by atoms with van der Waals surface area (Å²) in [6.07, 6.45) is 2.87. The van der Waals surface area contributed by atoms with Gasteiger partial charge in [-0.15, -0.1) is 0 Å². The van der Waals surface area contributed by atoms with Crippen LogP contribution in [-0.2, 0) is 22.4 Å². The molecule has 0 aliphatic heterocycles. The largest absolute Gasteiger partial charge is 0.481 e. The summed E-state index contributed by atoms with van der Waals surface area (Å²) in [6.45, 7) is 1.46. The van der Waals surface area contributed by atoms with Gasteiger partial charge in [0.25, 0.3) is 5.91 Å². The van der Waals surface area contributed by atoms with Crippen molar-refractivity contribution in [1.29, 1.82) is 0 Å². The molecule has 0 spiro atoms. The van der Waals surface area contributed by atoms with Gasteiger partial charge in [-0.2, -0.15) is 0 Å². The van der Waals surface area contributed by atoms with Gasteiger partial charge in [0.05, 0.1) is 28.6 Å². The number of hydrazine groups is 2. The number of carbonyl (C=O) groups excluding carboxylic acids is 2. The van der Waals surface area contributed by atoms with Gasteiger partial charge in [0.15, 0.2) is 0 Å². The first-order chi connectivity index (χ1) is 17.2. The average molecular weight is 537 g/mol. The van der Waals surface area contributed by atoms with E-state index in [4.69, 9.17) is 40.0 Å². The summed E-state index contributed by atoms with van der Waals surface area (Å²) in [5.41, 5.74) is 6.79. The van der Waals surface area contributed by atoms with Gasteiger partial charge in [0.1, 0.15) is 12.7 Å². The highest BCUT2D eigenvalue weighted by molar-refractivity contribution is 6.38. The number of aliphatic imine (C=N–C) groups is 2. The smallest absolute Gasteiger partial charge is 0.303 e. The number of carboxylic acid groups (broad SMARTS) is 1. The minimum absolute atomic E-state index is 0.104. The lowest BCUT2D eigenvalue weighted by atomic mass is 10.0. The van der Waals surface area contributed by atoms with Crippen LogP contribution in [0.5, 0.6) is 0 Å². The molecule has 0 fully saturated rings. The Morgan fingerprint density at radius 2 is 1.64 bits per heavy atom. The number of nitrogens with one attached hydrogen (secondary N) is 4. The number of nitrogens with two attached hydrogens (primary N) is 2. The van der Waals surface area contributed by atoms with E-state index in [1.54, 1.807) is 12.1 Å². The molecule has 0 aliphatic rings. The fourth-order valence-corrected chi connectivity index (χ4v) is 3.96. The van der Waals surface area contributed by atoms with Crippen LogP contribution in [0.2, 0.25) is 10.0 Å². The number of carbonyl (C=O) groups is 3. The predicted molar refractivity (Wildman–Crippen MR) is 140 cm³/mol. The van der Waals surface area contributed by atoms with E-state index in [-0.39, 0.29) is 29.1 Å². The fraction of sp³-hybridized carbons (Fsp3) is 0.227. The highest BCUT2D eigenvalue weighted by Crippen LogP contribution is 2.36. The third-order valence-corrected chi connectivity index (χ3v) is 5.53. The van der Waals surface area contributed by atoms with E-state index in [0.29, 0.717) is 33.9 Å². The molecule has 36 heavy (non-hydrogen) atoms. The average Bonchev–Trinajstić information content (AvgIpc) is 2.85. The summed E-state index contributed by atoms with van der Waals surface area (Å²) in [6, 6.07) is 6.12. The first kappa shape index (κ1) is 28.5. The summed E-state index contributed by atoms with van der Waals surface area (Å²) >= 11 is 12.7. The zero-order chi connectivity index (χ0) is 26.7. The van der Waals surface area contributed by atoms with Gasteiger partial charge in [-0.3, -0.25) is 14.4 Å². The Bertz CT molecular complexity index is 1150. The van der Waals surface area contributed by atoms with Crippen LogP contribution < -0.4 is 33.2 Å². The Morgan fingerprint density at radius 3 is 2.17 bits per heavy atom. The monoisotopic (exact) mass is 536 g/mol. The van der Waals surface area contributed by atoms with Crippen molar-refractivity contribution >= 4 is 70.7 Å². The normalized spacial score (nSPS) is 11.0. The maximum absolute atomic E-state index is 12.7. The predicted octanol–water partition coefficient (Wildman–Crippen LogP) is 2.19. The van der Waals surface area contributed by atoms with E-state index < -0.39 is 24.3 Å². The molecule has 192 valence electrons. The number of nitrogens with zero attached hydrogens (tertiary/aromatic N) is 2. The van der Waals surface area contributed by atoms with Gasteiger partial charge in [-0.25, -0.2) is 21.7 Å². The molecule has 0 unspecified atom stereocenters. The summed E-state index contributed by atoms with van der Waals surface area (Å²) < 4.78 is 0. The van der Waals surface area contributed by atoms with Crippen LogP contribution in [0, 0.1) is 0 Å². The highest BCUT2D eigenvalue weighted by Gasteiger charge is 2.18. The van der Waals surface area contributed by atoms with Gasteiger partial charge in [0.2, 0.25) is 5.91 Å². The number of hydrogen-bond donors (Lipinski definition) is 7. The lowest BCUT2D eigenvalue weighted by molar-refractivity contribution is -0.137. The molecule has 0 atom stereocenters. The summed E-state index contributed by atoms with van der Waals surface area (Å²) in [5.74, 6) is 8.24. The molecule has 0 saturated carbocycles. The number of anilines is 1. The number of hydrogen-bond acceptors (Lipinski definition) is 7. The molecule has 0 aromatic heterocycles. The molecular formula is C22H26Cl2N8O4. The van der Waals surface area contributed by atoms with Crippen LogP contribution in [0.15, 0.2) is 34.3 Å². The first-order valence-electron chi connectivity index (χ1n) is 10.6. The third-order valence-electron chi connectivity index (χ3n) is 4.77. The number of rotatable bonds is 12. The molecule has 0 saturated heterocycles. The number of aryl methyl sites for hydroxylation is 1. The van der Waals surface area contributed by atoms with Crippen molar-refractivity contribution < 1.29 is 19.5 Å². The van der Waals surface area contributed by atoms with Crippen molar-refractivity contribution in [2.24, 2.45) is 21.7 Å². The van der Waals surface area contributed by atoms with Gasteiger partial charge in [-0.05, 0) is 48.2 Å². The van der Waals surface area contributed by atoms with Crippen LogP contribution in [0.4, 0.5) is 17.1 Å². The van der Waals surface area contributed by atoms with Crippen molar-refractivity contribution in [1.82, 2.24) is 16.2 Å². The Hall–Kier alpha value is -3.71. The number of halogens is 2. The Balaban J connectivity index is 2.21. The van der Waals surface area contributed by atoms with Gasteiger partial charge in [0, 0.05) is 17.0 Å². The molecule has 2 aromatic rings. The minimum Gasteiger partial charge on any atom is -0.481 e. The maximum atomic E-state index is 12.7. The number of amides is 2. The van der Waals surface area contributed by atoms with E-state index in [0.717, 1.165) is 0 Å². The first-order valence-corrected chi connectivity index (χ1v) is 11.4. The van der Waals surface area contributed by atoms with Crippen molar-refractivity contribution in [2.75, 3.05) is 11.9 Å². The molecule has 9 N–H and O–H groups in total. The van der Waals surface area contributed by atoms with E-state index >= 15 is 0 Å². The molecule has 12 nitrogen and oxygen atoms in total. The lowest BCUT2D eigenvalue weighted by Crippen LogP contribution is -2.33. The minimum atomic E-state index is -1.01. The molecule has 0 aliphatic carbocycles. The molecule has 2 amide bonds. The molecule has 2 rings (SSSR count). The van der Waals surface area contributed by atoms with Crippen LogP contribution in [0.3, 0.4) is 0 Å². The van der Waals surface area contributed by atoms with Crippen molar-refractivity contribution in [2.45, 2.75) is 26.2 Å². The molecule has 14 heteroatoms. The van der Waals surface area contributed by atoms with E-state index in [2.05, 4.69) is 31.5 Å². The second-order valence-electron chi connectivity index (χ2n) is 7.25. The van der Waals surface area contributed by atoms with Crippen LogP contribution >= 0.6 is 23.2 Å². The van der Waals surface area contributed by atoms with Gasteiger partial charge < -0.3 is 26.6 Å². The van der Waals surface area contributed by atoms with Crippen molar-refractivity contribution in [3.63, 3.8) is 0 Å². The SMILES string of the molecule is CCc1c(Cl)cc(CCC(=O)O)c(NC(=O)CNC(=O)c2cc(N=CNN)cc(N=CNN)c2)c1Cl. The summed E-state index contributed by atoms with van der Waals surface area (Å²) in [7, 11) is 0. The topological polar surface area (TPSA) is 196 Å². The van der Waals surface area contributed by atoms with Crippen LogP contribution in [0.1, 0.15) is 34.8 Å². The molecule has 0 radical (unpaired) electrons. The molecule has 0 heterocycles. The van der Waals surface area contributed by atoms with Gasteiger partial charge >= 0.3 is 5.97 Å². The van der Waals surface area contributed by atoms with Crippen molar-refractivity contribution in [3.05, 3.63) is 51.0 Å². The third kappa shape index (κ3) is 8.20. The Morgan fingerprint density at radius 1 is 1.03 bits per heavy atom. The highest BCUT2D eigenvalue weighted by atomic mass is 35.5. The molecule has 2 aromatic carbocycles. The summed E-state index contributed by atoms with van der Waals surface area (Å²) in [5, 5.41) is 14.8. The van der Waals surface area contributed by atoms with Crippen LogP contribution in [0.25, 0.3) is 0 Å². The number of aliphatic carboxylic acids is 1. The Kier molecular flexibility index (Phi) is 11.1. The fourth-order valence-electron chi connectivity index (χ4n) is 3.15. The standard InChI is InChI=1S/C22H26Cl2N8O4/c1-2-16-17(23)7-12(3-4-19(34)35)21(20(16)24)32-18(33)9-27-22(36)13-5-14(28-10-30-25)8-15(6-13)29-11-31-26/h5-8,10-11H,2-4,9,25-26H2,1H3,(H,27,36)(H,28,30)(H,29,31)(H,32,33)(H,34,35). The Labute approximate surface area is 217 Å². The van der Waals surface area contributed by atoms with Crippen LogP contribution in [-0.4, -0.2) is 42.1 Å². The summed E-state index contributed by atoms with van der Waals surface area (Å²) in [4.78, 5) is 44.5. The second-order valence-corrected chi connectivity index (χ2v) is 8.04. The van der Waals surface area contributed by atoms with E-state index in [9.17, 15) is 14.4 Å². The van der Waals surface area contributed by atoms with Crippen molar-refractivity contribution in [3.8, 4) is 0 Å². The zero-order valence-electron chi connectivity index (χ0n) is 19.3. The molecular weight excluding hydrogens is 511 g/mol. The van der Waals surface area contributed by atoms with E-state index in [1.807, 2.05) is 6.92 Å². The lowest BCUT2D eigenvalue weighted by Gasteiger charge is -2.17. The van der Waals surface area contributed by atoms with E-state index in [1.165, 1.54) is 24.8 Å². The van der Waals surface area contributed by atoms with Gasteiger partial charge in [-0.1, -0.05) is 30.1 Å². The molecule has 0 bridgehead atoms.